The molecule has 88 valence electrons. The van der Waals surface area contributed by atoms with Crippen molar-refractivity contribution in [1.29, 1.82) is 0 Å². The standard InChI is InChI=1S/C15H16IN/c1-10-6-3-4-8-12(10)15(17)13-9-5-7-11(2)14(13)16/h3-9,15H,17H2,1-2H3. The summed E-state index contributed by atoms with van der Waals surface area (Å²) < 4.78 is 1.26. The fourth-order valence-corrected chi connectivity index (χ4v) is 2.71. The molecule has 0 fully saturated rings. The summed E-state index contributed by atoms with van der Waals surface area (Å²) in [7, 11) is 0. The van der Waals surface area contributed by atoms with Gasteiger partial charge in [0.15, 0.2) is 0 Å². The van der Waals surface area contributed by atoms with Crippen LogP contribution in [0.2, 0.25) is 0 Å². The Morgan fingerprint density at radius 2 is 1.47 bits per heavy atom. The average molecular weight is 337 g/mol. The third-order valence-electron chi connectivity index (χ3n) is 3.08. The third-order valence-corrected chi connectivity index (χ3v) is 4.55. The minimum atomic E-state index is -0.0389. The second kappa shape index (κ2) is 5.19. The van der Waals surface area contributed by atoms with Crippen molar-refractivity contribution in [2.24, 2.45) is 5.73 Å². The van der Waals surface area contributed by atoms with Gasteiger partial charge >= 0.3 is 0 Å². The van der Waals surface area contributed by atoms with E-state index in [1.807, 2.05) is 12.1 Å². The van der Waals surface area contributed by atoms with Crippen LogP contribution in [0.3, 0.4) is 0 Å². The van der Waals surface area contributed by atoms with E-state index in [1.165, 1.54) is 25.8 Å². The molecule has 2 aromatic carbocycles. The lowest BCUT2D eigenvalue weighted by Gasteiger charge is -2.17. The van der Waals surface area contributed by atoms with Gasteiger partial charge in [-0.3, -0.25) is 0 Å². The Bertz CT molecular complexity index is 534. The smallest absolute Gasteiger partial charge is 0.0564 e. The van der Waals surface area contributed by atoms with Gasteiger partial charge in [0, 0.05) is 3.57 Å². The quantitative estimate of drug-likeness (QED) is 0.825. The number of hydrogen-bond donors (Lipinski definition) is 1. The summed E-state index contributed by atoms with van der Waals surface area (Å²) in [5, 5.41) is 0. The van der Waals surface area contributed by atoms with Crippen molar-refractivity contribution in [2.45, 2.75) is 19.9 Å². The molecule has 1 atom stereocenters. The van der Waals surface area contributed by atoms with E-state index in [0.717, 1.165) is 0 Å². The number of nitrogens with two attached hydrogens (primary N) is 1. The lowest BCUT2D eigenvalue weighted by Crippen LogP contribution is -2.15. The van der Waals surface area contributed by atoms with Crippen LogP contribution in [0.15, 0.2) is 42.5 Å². The van der Waals surface area contributed by atoms with Crippen molar-refractivity contribution in [1.82, 2.24) is 0 Å². The minimum Gasteiger partial charge on any atom is -0.320 e. The highest BCUT2D eigenvalue weighted by Gasteiger charge is 2.14. The first-order valence-corrected chi connectivity index (χ1v) is 6.75. The SMILES string of the molecule is Cc1ccccc1C(N)c1cccc(C)c1I. The predicted molar refractivity (Wildman–Crippen MR) is 81.1 cm³/mol. The number of rotatable bonds is 2. The molecule has 0 saturated carbocycles. The van der Waals surface area contributed by atoms with Crippen LogP contribution in [0.25, 0.3) is 0 Å². The van der Waals surface area contributed by atoms with Crippen LogP contribution < -0.4 is 5.73 Å². The molecule has 2 rings (SSSR count). The average Bonchev–Trinajstić information content (AvgIpc) is 2.32. The second-order valence-corrected chi connectivity index (χ2v) is 5.39. The maximum atomic E-state index is 6.38. The zero-order chi connectivity index (χ0) is 12.4. The molecule has 0 bridgehead atoms. The van der Waals surface area contributed by atoms with Crippen LogP contribution in [-0.2, 0) is 0 Å². The molecule has 2 N–H and O–H groups in total. The first-order chi connectivity index (χ1) is 8.11. The highest BCUT2D eigenvalue weighted by molar-refractivity contribution is 14.1. The molecule has 2 heteroatoms. The summed E-state index contributed by atoms with van der Waals surface area (Å²) >= 11 is 2.38. The molecule has 1 unspecified atom stereocenters. The molecule has 0 aliphatic heterocycles. The normalized spacial score (nSPS) is 12.5. The summed E-state index contributed by atoms with van der Waals surface area (Å²) in [4.78, 5) is 0. The third kappa shape index (κ3) is 2.53. The van der Waals surface area contributed by atoms with Gasteiger partial charge in [-0.25, -0.2) is 0 Å². The second-order valence-electron chi connectivity index (χ2n) is 4.31. The maximum Gasteiger partial charge on any atom is 0.0564 e. The van der Waals surface area contributed by atoms with Crippen molar-refractivity contribution in [3.63, 3.8) is 0 Å². The Balaban J connectivity index is 2.48. The number of aryl methyl sites for hydroxylation is 2. The number of hydrogen-bond acceptors (Lipinski definition) is 1. The number of benzene rings is 2. The summed E-state index contributed by atoms with van der Waals surface area (Å²) in [5.74, 6) is 0. The van der Waals surface area contributed by atoms with Crippen LogP contribution in [0, 0.1) is 17.4 Å². The van der Waals surface area contributed by atoms with Gasteiger partial charge in [-0.15, -0.1) is 0 Å². The zero-order valence-electron chi connectivity index (χ0n) is 10.1. The fraction of sp³-hybridized carbons (Fsp3) is 0.200. The van der Waals surface area contributed by atoms with Gasteiger partial charge in [0.25, 0.3) is 0 Å². The van der Waals surface area contributed by atoms with Crippen molar-refractivity contribution in [2.75, 3.05) is 0 Å². The molecular formula is C15H16IN. The molecule has 0 aliphatic rings. The Labute approximate surface area is 116 Å². The van der Waals surface area contributed by atoms with Gasteiger partial charge in [-0.1, -0.05) is 42.5 Å². The van der Waals surface area contributed by atoms with E-state index < -0.39 is 0 Å². The summed E-state index contributed by atoms with van der Waals surface area (Å²) in [6, 6.07) is 14.6. The molecule has 0 spiro atoms. The first kappa shape index (κ1) is 12.6. The largest absolute Gasteiger partial charge is 0.320 e. The topological polar surface area (TPSA) is 26.0 Å². The van der Waals surface area contributed by atoms with Crippen molar-refractivity contribution < 1.29 is 0 Å². The lowest BCUT2D eigenvalue weighted by atomic mass is 9.95. The Morgan fingerprint density at radius 1 is 0.882 bits per heavy atom. The van der Waals surface area contributed by atoms with Crippen LogP contribution in [0.4, 0.5) is 0 Å². The van der Waals surface area contributed by atoms with E-state index in [1.54, 1.807) is 0 Å². The molecule has 0 heterocycles. The highest BCUT2D eigenvalue weighted by atomic mass is 127. The van der Waals surface area contributed by atoms with E-state index in [4.69, 9.17) is 5.73 Å². The van der Waals surface area contributed by atoms with Crippen LogP contribution in [0.1, 0.15) is 28.3 Å². The van der Waals surface area contributed by atoms with E-state index in [9.17, 15) is 0 Å². The number of halogens is 1. The fourth-order valence-electron chi connectivity index (χ4n) is 2.01. The van der Waals surface area contributed by atoms with Gasteiger partial charge in [0.2, 0.25) is 0 Å². The molecule has 0 aliphatic carbocycles. The zero-order valence-corrected chi connectivity index (χ0v) is 12.2. The van der Waals surface area contributed by atoms with Crippen molar-refractivity contribution in [3.8, 4) is 0 Å². The van der Waals surface area contributed by atoms with E-state index in [2.05, 4.69) is 66.8 Å². The Kier molecular flexibility index (Phi) is 3.84. The van der Waals surface area contributed by atoms with Gasteiger partial charge in [-0.05, 0) is 58.7 Å². The Hall–Kier alpha value is -0.870. The first-order valence-electron chi connectivity index (χ1n) is 5.67. The molecule has 0 aromatic heterocycles. The van der Waals surface area contributed by atoms with E-state index in [0.29, 0.717) is 0 Å². The predicted octanol–water partition coefficient (Wildman–Crippen LogP) is 3.96. The van der Waals surface area contributed by atoms with Gasteiger partial charge in [-0.2, -0.15) is 0 Å². The van der Waals surface area contributed by atoms with Crippen molar-refractivity contribution in [3.05, 3.63) is 68.3 Å². The van der Waals surface area contributed by atoms with Gasteiger partial charge in [0.05, 0.1) is 6.04 Å². The lowest BCUT2D eigenvalue weighted by molar-refractivity contribution is 0.853. The summed E-state index contributed by atoms with van der Waals surface area (Å²) in [6.45, 7) is 4.23. The molecular weight excluding hydrogens is 321 g/mol. The monoisotopic (exact) mass is 337 g/mol. The molecule has 0 saturated heterocycles. The minimum absolute atomic E-state index is 0.0389. The molecule has 0 radical (unpaired) electrons. The highest BCUT2D eigenvalue weighted by Crippen LogP contribution is 2.27. The molecule has 17 heavy (non-hydrogen) atoms. The van der Waals surface area contributed by atoms with E-state index in [-0.39, 0.29) is 6.04 Å². The van der Waals surface area contributed by atoms with Crippen LogP contribution >= 0.6 is 22.6 Å². The molecule has 2 aromatic rings. The van der Waals surface area contributed by atoms with Gasteiger partial charge in [0.1, 0.15) is 0 Å². The van der Waals surface area contributed by atoms with E-state index >= 15 is 0 Å². The van der Waals surface area contributed by atoms with Crippen LogP contribution in [-0.4, -0.2) is 0 Å². The molecule has 0 amide bonds. The van der Waals surface area contributed by atoms with Crippen LogP contribution in [0.5, 0.6) is 0 Å². The summed E-state index contributed by atoms with van der Waals surface area (Å²) in [6.07, 6.45) is 0. The molecule has 1 nitrogen and oxygen atoms in total. The summed E-state index contributed by atoms with van der Waals surface area (Å²) in [5.41, 5.74) is 11.3. The van der Waals surface area contributed by atoms with Crippen molar-refractivity contribution >= 4 is 22.6 Å². The van der Waals surface area contributed by atoms with Gasteiger partial charge < -0.3 is 5.73 Å². The maximum absolute atomic E-state index is 6.38. The Morgan fingerprint density at radius 3 is 2.18 bits per heavy atom.